The second-order valence-electron chi connectivity index (χ2n) is 8.18. The van der Waals surface area contributed by atoms with Gasteiger partial charge in [-0.3, -0.25) is 14.4 Å². The van der Waals surface area contributed by atoms with Gasteiger partial charge in [-0.2, -0.15) is 0 Å². The third kappa shape index (κ3) is 36.2. The van der Waals surface area contributed by atoms with Crippen molar-refractivity contribution < 1.29 is 69.2 Å². The van der Waals surface area contributed by atoms with Crippen LogP contribution in [-0.2, 0) is 19.2 Å². The van der Waals surface area contributed by atoms with Crippen LogP contribution in [0.3, 0.4) is 0 Å². The summed E-state index contributed by atoms with van der Waals surface area (Å²) < 4.78 is 0. The summed E-state index contributed by atoms with van der Waals surface area (Å²) in [5, 5.41) is 34.9. The molecule has 2 atom stereocenters. The average Bonchev–Trinajstić information content (AvgIpc) is 2.60. The number of rotatable bonds is 14. The SMILES string of the molecule is CC(C)C[C@H](N)C(=O)O.CC(C)C[C@H](N)C(=O)[O-].O=C(O)CCCCCCCC(=O)O.[Na+]. The molecule has 0 saturated carbocycles. The molecule has 0 fully saturated rings. The molecule has 0 aliphatic carbocycles. The number of carbonyl (C=O) groups is 4. The van der Waals surface area contributed by atoms with E-state index in [1.165, 1.54) is 0 Å². The van der Waals surface area contributed by atoms with Gasteiger partial charge in [-0.05, 0) is 37.5 Å². The topological polar surface area (TPSA) is 204 Å². The smallest absolute Gasteiger partial charge is 0.548 e. The van der Waals surface area contributed by atoms with Crippen LogP contribution in [0.25, 0.3) is 0 Å². The van der Waals surface area contributed by atoms with Gasteiger partial charge in [-0.1, -0.05) is 47.0 Å². The Bertz CT molecular complexity index is 472. The van der Waals surface area contributed by atoms with Crippen molar-refractivity contribution in [3.05, 3.63) is 0 Å². The zero-order valence-electron chi connectivity index (χ0n) is 20.2. The fourth-order valence-electron chi connectivity index (χ4n) is 2.30. The molecule has 7 N–H and O–H groups in total. The van der Waals surface area contributed by atoms with Gasteiger partial charge in [0.05, 0.1) is 5.97 Å². The van der Waals surface area contributed by atoms with Crippen LogP contribution < -0.4 is 46.1 Å². The predicted molar refractivity (Wildman–Crippen MR) is 115 cm³/mol. The third-order valence-electron chi connectivity index (χ3n) is 3.85. The van der Waals surface area contributed by atoms with E-state index in [0.717, 1.165) is 19.3 Å². The third-order valence-corrected chi connectivity index (χ3v) is 3.85. The van der Waals surface area contributed by atoms with Crippen LogP contribution in [0.1, 0.15) is 85.5 Å². The van der Waals surface area contributed by atoms with Gasteiger partial charge in [-0.25, -0.2) is 0 Å². The van der Waals surface area contributed by atoms with E-state index in [2.05, 4.69) is 0 Å². The van der Waals surface area contributed by atoms with E-state index in [0.29, 0.717) is 37.5 Å². The fraction of sp³-hybridized carbons (Fsp3) is 0.810. The summed E-state index contributed by atoms with van der Waals surface area (Å²) in [4.78, 5) is 40.3. The average molecular weight is 473 g/mol. The maximum atomic E-state index is 10.1. The van der Waals surface area contributed by atoms with E-state index in [-0.39, 0.29) is 42.4 Å². The number of carboxylic acid groups (broad SMARTS) is 4. The normalized spacial score (nSPS) is 11.8. The maximum absolute atomic E-state index is 10.1. The van der Waals surface area contributed by atoms with Crippen molar-refractivity contribution in [1.29, 1.82) is 0 Å². The molecule has 0 unspecified atom stereocenters. The number of nitrogens with two attached hydrogens (primary N) is 2. The fourth-order valence-corrected chi connectivity index (χ4v) is 2.30. The summed E-state index contributed by atoms with van der Waals surface area (Å²) in [5.74, 6) is -2.92. The summed E-state index contributed by atoms with van der Waals surface area (Å²) in [6.07, 6.45) is 5.57. The Balaban J connectivity index is -0.000000186. The van der Waals surface area contributed by atoms with Gasteiger partial charge in [0, 0.05) is 18.9 Å². The summed E-state index contributed by atoms with van der Waals surface area (Å²) >= 11 is 0. The molecule has 0 aliphatic heterocycles. The first-order valence-electron chi connectivity index (χ1n) is 10.6. The molecule has 0 aromatic rings. The number of aliphatic carboxylic acids is 4. The van der Waals surface area contributed by atoms with Crippen LogP contribution in [0.15, 0.2) is 0 Å². The maximum Gasteiger partial charge on any atom is 1.00 e. The van der Waals surface area contributed by atoms with Crippen LogP contribution in [0, 0.1) is 11.8 Å². The van der Waals surface area contributed by atoms with Crippen LogP contribution in [-0.4, -0.2) is 51.3 Å². The Morgan fingerprint density at radius 2 is 1.00 bits per heavy atom. The zero-order chi connectivity index (χ0) is 25.0. The Kier molecular flexibility index (Phi) is 29.1. The van der Waals surface area contributed by atoms with E-state index in [1.807, 2.05) is 27.7 Å². The van der Waals surface area contributed by atoms with E-state index < -0.39 is 36.0 Å². The Morgan fingerprint density at radius 3 is 1.19 bits per heavy atom. The van der Waals surface area contributed by atoms with Gasteiger partial charge in [0.15, 0.2) is 0 Å². The molecule has 11 heteroatoms. The van der Waals surface area contributed by atoms with E-state index in [1.54, 1.807) is 0 Å². The summed E-state index contributed by atoms with van der Waals surface area (Å²) in [6.45, 7) is 7.73. The molecular formula is C21H41N2NaO8. The van der Waals surface area contributed by atoms with Gasteiger partial charge in [-0.15, -0.1) is 0 Å². The van der Waals surface area contributed by atoms with Crippen molar-refractivity contribution in [1.82, 2.24) is 0 Å². The first kappa shape index (κ1) is 38.1. The minimum Gasteiger partial charge on any atom is -0.548 e. The van der Waals surface area contributed by atoms with Crippen LogP contribution in [0.4, 0.5) is 0 Å². The van der Waals surface area contributed by atoms with Crippen molar-refractivity contribution in [3.8, 4) is 0 Å². The Hall–Kier alpha value is -1.20. The van der Waals surface area contributed by atoms with Crippen molar-refractivity contribution >= 4 is 23.9 Å². The summed E-state index contributed by atoms with van der Waals surface area (Å²) in [6, 6.07) is -1.49. The second-order valence-corrected chi connectivity index (χ2v) is 8.18. The molecule has 0 amide bonds. The first-order valence-corrected chi connectivity index (χ1v) is 10.6. The largest absolute Gasteiger partial charge is 1.00 e. The summed E-state index contributed by atoms with van der Waals surface area (Å²) in [7, 11) is 0. The number of carboxylic acids is 4. The van der Waals surface area contributed by atoms with Crippen LogP contribution in [0.5, 0.6) is 0 Å². The Labute approximate surface area is 213 Å². The molecule has 32 heavy (non-hydrogen) atoms. The van der Waals surface area contributed by atoms with E-state index in [4.69, 9.17) is 26.8 Å². The minimum absolute atomic E-state index is 0. The Morgan fingerprint density at radius 1 is 0.688 bits per heavy atom. The molecule has 0 aliphatic rings. The summed E-state index contributed by atoms with van der Waals surface area (Å²) in [5.41, 5.74) is 10.4. The van der Waals surface area contributed by atoms with E-state index >= 15 is 0 Å². The van der Waals surface area contributed by atoms with Gasteiger partial charge in [0.1, 0.15) is 6.04 Å². The molecule has 0 heterocycles. The molecule has 0 aromatic carbocycles. The molecular weight excluding hydrogens is 431 g/mol. The van der Waals surface area contributed by atoms with Crippen molar-refractivity contribution in [3.63, 3.8) is 0 Å². The molecule has 0 saturated heterocycles. The number of hydrogen-bond acceptors (Lipinski definition) is 7. The molecule has 0 radical (unpaired) electrons. The van der Waals surface area contributed by atoms with E-state index in [9.17, 15) is 24.3 Å². The molecule has 0 spiro atoms. The van der Waals surface area contributed by atoms with Gasteiger partial charge in [0.25, 0.3) is 0 Å². The van der Waals surface area contributed by atoms with Crippen LogP contribution >= 0.6 is 0 Å². The molecule has 184 valence electrons. The standard InChI is InChI=1S/C9H16O4.2C6H13NO2.Na/c10-8(11)6-4-2-1-3-5-7-9(12)13;2*1-4(2)3-5(7)6(8)9;/h1-7H2,(H,10,11)(H,12,13);2*4-5H,3,7H2,1-2H3,(H,8,9);/q;;;+1/p-1/t;2*5-;/m.00./s1. The minimum atomic E-state index is -1.16. The molecule has 0 aromatic heterocycles. The van der Waals surface area contributed by atoms with Gasteiger partial charge in [0.2, 0.25) is 0 Å². The number of unbranched alkanes of at least 4 members (excludes halogenated alkanes) is 4. The molecule has 10 nitrogen and oxygen atoms in total. The van der Waals surface area contributed by atoms with Crippen molar-refractivity contribution in [2.24, 2.45) is 23.3 Å². The quantitative estimate of drug-likeness (QED) is 0.145. The number of carbonyl (C=O) groups excluding carboxylic acids is 1. The molecule has 0 bridgehead atoms. The second kappa shape index (κ2) is 24.4. The van der Waals surface area contributed by atoms with Gasteiger partial charge < -0.3 is 36.7 Å². The predicted octanol–water partition coefficient (Wildman–Crippen LogP) is -1.56. The first-order chi connectivity index (χ1) is 14.2. The number of hydrogen-bond donors (Lipinski definition) is 5. The van der Waals surface area contributed by atoms with Crippen molar-refractivity contribution in [2.75, 3.05) is 0 Å². The van der Waals surface area contributed by atoms with Gasteiger partial charge >= 0.3 is 47.5 Å². The zero-order valence-corrected chi connectivity index (χ0v) is 22.2. The monoisotopic (exact) mass is 472 g/mol. The molecule has 0 rings (SSSR count). The van der Waals surface area contributed by atoms with Crippen LogP contribution in [0.2, 0.25) is 0 Å². The van der Waals surface area contributed by atoms with Crippen molar-refractivity contribution in [2.45, 2.75) is 97.6 Å².